The van der Waals surface area contributed by atoms with Crippen LogP contribution < -0.4 is 10.8 Å². The molecule has 44 heavy (non-hydrogen) atoms. The Hall–Kier alpha value is -2.86. The number of ether oxygens (including phenoxy) is 2. The fourth-order valence-corrected chi connectivity index (χ4v) is 6.65. The first kappa shape index (κ1) is 32.5. The summed E-state index contributed by atoms with van der Waals surface area (Å²) in [5.41, 5.74) is 5.20. The molecule has 4 atom stereocenters. The second-order valence-corrected chi connectivity index (χ2v) is 12.4. The number of hydrogen-bond acceptors (Lipinski definition) is 8. The predicted molar refractivity (Wildman–Crippen MR) is 167 cm³/mol. The Morgan fingerprint density at radius 2 is 1.52 bits per heavy atom. The summed E-state index contributed by atoms with van der Waals surface area (Å²) in [4.78, 5) is 28.8. The van der Waals surface area contributed by atoms with Crippen molar-refractivity contribution in [2.24, 2.45) is 0 Å². The zero-order valence-corrected chi connectivity index (χ0v) is 25.7. The second kappa shape index (κ2) is 16.5. The van der Waals surface area contributed by atoms with E-state index in [1.807, 2.05) is 48.5 Å². The van der Waals surface area contributed by atoms with Gasteiger partial charge in [0.25, 0.3) is 0 Å². The molecule has 3 saturated heterocycles. The van der Waals surface area contributed by atoms with Crippen LogP contribution in [0.25, 0.3) is 0 Å². The third kappa shape index (κ3) is 9.32. The van der Waals surface area contributed by atoms with E-state index in [0.717, 1.165) is 49.2 Å². The Morgan fingerprint density at radius 3 is 2.23 bits per heavy atom. The number of likely N-dealkylation sites (tertiary alicyclic amines) is 2. The van der Waals surface area contributed by atoms with Crippen LogP contribution in [0.15, 0.2) is 48.5 Å². The van der Waals surface area contributed by atoms with Gasteiger partial charge in [0, 0.05) is 49.6 Å². The molecule has 0 saturated carbocycles. The van der Waals surface area contributed by atoms with Crippen LogP contribution in [0.3, 0.4) is 0 Å². The fraction of sp³-hybridized carbons (Fsp3) is 0.588. The van der Waals surface area contributed by atoms with Gasteiger partial charge in [-0.3, -0.25) is 19.7 Å². The van der Waals surface area contributed by atoms with Gasteiger partial charge in [-0.25, -0.2) is 5.48 Å². The van der Waals surface area contributed by atoms with Crippen molar-refractivity contribution in [3.8, 4) is 0 Å². The van der Waals surface area contributed by atoms with Crippen molar-refractivity contribution < 1.29 is 29.4 Å². The van der Waals surface area contributed by atoms with Crippen molar-refractivity contribution in [2.45, 2.75) is 95.4 Å². The lowest BCUT2D eigenvalue weighted by atomic mass is 9.99. The maximum atomic E-state index is 12.4. The molecule has 3 fully saturated rings. The predicted octanol–water partition coefficient (Wildman–Crippen LogP) is 4.68. The van der Waals surface area contributed by atoms with Gasteiger partial charge in [-0.2, -0.15) is 0 Å². The Labute approximate surface area is 260 Å². The number of aliphatic hydroxyl groups excluding tert-OH is 1. The van der Waals surface area contributed by atoms with Crippen LogP contribution >= 0.6 is 0 Å². The van der Waals surface area contributed by atoms with Crippen molar-refractivity contribution in [1.29, 1.82) is 0 Å². The molecule has 10 nitrogen and oxygen atoms in total. The van der Waals surface area contributed by atoms with Crippen LogP contribution in [0.5, 0.6) is 0 Å². The lowest BCUT2D eigenvalue weighted by Crippen LogP contribution is -2.45. The molecular formula is C34H48N4O6. The highest BCUT2D eigenvalue weighted by Crippen LogP contribution is 2.39. The summed E-state index contributed by atoms with van der Waals surface area (Å²) in [5.74, 6) is -0.481. The molecule has 3 aliphatic rings. The number of unbranched alkanes of at least 4 members (excludes halogenated alkanes) is 2. The minimum atomic E-state index is -0.531. The number of nitrogens with zero attached hydrogens (tertiary/aromatic N) is 2. The van der Waals surface area contributed by atoms with Crippen LogP contribution in [-0.2, 0) is 25.7 Å². The van der Waals surface area contributed by atoms with Gasteiger partial charge in [-0.05, 0) is 81.4 Å². The topological polar surface area (TPSA) is 124 Å². The molecule has 0 unspecified atom stereocenters. The smallest absolute Gasteiger partial charge is 0.243 e. The summed E-state index contributed by atoms with van der Waals surface area (Å²) in [5, 5.41) is 21.0. The van der Waals surface area contributed by atoms with E-state index in [2.05, 4.69) is 15.1 Å². The standard InChI is InChI=1S/C34H48N4O6/c39-24-25-10-12-26(13-11-25)31-21-30(23-38-20-6-7-29(38)22-37-18-4-5-19-37)43-34(44-31)27-14-16-28(17-15-27)35-32(40)8-2-1-3-9-33(41)36-42/h10-17,29-31,34,39,42H,1-9,18-24H2,(H,35,40)(H,36,41)/t29-,30-,31+,34+/m0/s1. The maximum absolute atomic E-state index is 12.4. The number of hydroxylamine groups is 1. The minimum Gasteiger partial charge on any atom is -0.392 e. The van der Waals surface area contributed by atoms with Crippen LogP contribution in [0, 0.1) is 0 Å². The number of aliphatic hydroxyl groups is 1. The van der Waals surface area contributed by atoms with E-state index in [1.54, 1.807) is 5.48 Å². The minimum absolute atomic E-state index is 0.0123. The van der Waals surface area contributed by atoms with E-state index in [-0.39, 0.29) is 31.1 Å². The number of carbonyl (C=O) groups is 2. The number of benzene rings is 2. The Kier molecular flexibility index (Phi) is 12.2. The highest BCUT2D eigenvalue weighted by Gasteiger charge is 2.36. The first-order valence-electron chi connectivity index (χ1n) is 16.3. The van der Waals surface area contributed by atoms with Gasteiger partial charge >= 0.3 is 0 Å². The highest BCUT2D eigenvalue weighted by molar-refractivity contribution is 5.90. The van der Waals surface area contributed by atoms with Gasteiger partial charge in [0.2, 0.25) is 11.8 Å². The monoisotopic (exact) mass is 608 g/mol. The summed E-state index contributed by atoms with van der Waals surface area (Å²) in [7, 11) is 0. The van der Waals surface area contributed by atoms with E-state index in [1.165, 1.54) is 38.8 Å². The lowest BCUT2D eigenvalue weighted by molar-refractivity contribution is -0.253. The summed E-state index contributed by atoms with van der Waals surface area (Å²) >= 11 is 0. The molecule has 0 spiro atoms. The molecule has 0 radical (unpaired) electrons. The van der Waals surface area contributed by atoms with Crippen molar-refractivity contribution in [3.63, 3.8) is 0 Å². The third-order valence-electron chi connectivity index (χ3n) is 9.12. The molecule has 2 amide bonds. The van der Waals surface area contributed by atoms with Crippen LogP contribution in [0.4, 0.5) is 5.69 Å². The number of rotatable bonds is 14. The lowest BCUT2D eigenvalue weighted by Gasteiger charge is -2.39. The molecule has 3 aliphatic heterocycles. The number of carbonyl (C=O) groups excluding carboxylic acids is 2. The molecule has 4 N–H and O–H groups in total. The van der Waals surface area contributed by atoms with Gasteiger partial charge in [0.05, 0.1) is 18.8 Å². The van der Waals surface area contributed by atoms with Crippen molar-refractivity contribution in [3.05, 3.63) is 65.2 Å². The van der Waals surface area contributed by atoms with Crippen LogP contribution in [0.2, 0.25) is 0 Å². The van der Waals surface area contributed by atoms with E-state index in [9.17, 15) is 14.7 Å². The summed E-state index contributed by atoms with van der Waals surface area (Å²) in [6.07, 6.45) is 7.85. The number of amides is 2. The highest BCUT2D eigenvalue weighted by atomic mass is 16.7. The van der Waals surface area contributed by atoms with Gasteiger partial charge < -0.3 is 24.8 Å². The number of hydrogen-bond donors (Lipinski definition) is 4. The normalized spacial score (nSPS) is 24.4. The van der Waals surface area contributed by atoms with Gasteiger partial charge in [-0.15, -0.1) is 0 Å². The molecule has 0 bridgehead atoms. The maximum Gasteiger partial charge on any atom is 0.243 e. The molecular weight excluding hydrogens is 560 g/mol. The fourth-order valence-electron chi connectivity index (χ4n) is 6.65. The molecule has 5 rings (SSSR count). The van der Waals surface area contributed by atoms with Crippen LogP contribution in [-0.4, -0.2) is 76.8 Å². The van der Waals surface area contributed by atoms with Crippen molar-refractivity contribution in [2.75, 3.05) is 38.0 Å². The largest absolute Gasteiger partial charge is 0.392 e. The molecule has 0 aliphatic carbocycles. The van der Waals surface area contributed by atoms with Gasteiger partial charge in [0.15, 0.2) is 6.29 Å². The van der Waals surface area contributed by atoms with E-state index in [0.29, 0.717) is 31.0 Å². The SMILES string of the molecule is O=C(CCCCCC(=O)Nc1ccc([C@@H]2O[C@H](CN3CCC[C@H]3CN3CCCC3)C[C@H](c3ccc(CO)cc3)O2)cc1)NO. The number of anilines is 1. The Bertz CT molecular complexity index is 1190. The zero-order chi connectivity index (χ0) is 30.7. The van der Waals surface area contributed by atoms with Crippen molar-refractivity contribution >= 4 is 17.5 Å². The molecule has 10 heteroatoms. The van der Waals surface area contributed by atoms with Crippen molar-refractivity contribution in [1.82, 2.24) is 15.3 Å². The molecule has 240 valence electrons. The average Bonchev–Trinajstić information content (AvgIpc) is 3.73. The first-order valence-corrected chi connectivity index (χ1v) is 16.3. The third-order valence-corrected chi connectivity index (χ3v) is 9.12. The molecule has 2 aromatic rings. The summed E-state index contributed by atoms with van der Waals surface area (Å²) in [6.45, 7) is 5.57. The Balaban J connectivity index is 1.20. The van der Waals surface area contributed by atoms with E-state index < -0.39 is 12.2 Å². The molecule has 0 aromatic heterocycles. The summed E-state index contributed by atoms with van der Waals surface area (Å²) in [6, 6.07) is 16.2. The average molecular weight is 609 g/mol. The zero-order valence-electron chi connectivity index (χ0n) is 25.7. The molecule has 3 heterocycles. The van der Waals surface area contributed by atoms with Crippen LogP contribution in [0.1, 0.15) is 93.3 Å². The second-order valence-electron chi connectivity index (χ2n) is 12.4. The summed E-state index contributed by atoms with van der Waals surface area (Å²) < 4.78 is 13.2. The van der Waals surface area contributed by atoms with Gasteiger partial charge in [-0.1, -0.05) is 42.8 Å². The Morgan fingerprint density at radius 1 is 0.818 bits per heavy atom. The van der Waals surface area contributed by atoms with Gasteiger partial charge in [0.1, 0.15) is 0 Å². The van der Waals surface area contributed by atoms with E-state index >= 15 is 0 Å². The first-order chi connectivity index (χ1) is 21.5. The molecule has 2 aromatic carbocycles. The number of nitrogens with one attached hydrogen (secondary N) is 2. The van der Waals surface area contributed by atoms with E-state index in [4.69, 9.17) is 14.7 Å². The quantitative estimate of drug-likeness (QED) is 0.139.